The number of carbonyl (C=O) groups excluding carboxylic acids is 1. The van der Waals surface area contributed by atoms with Gasteiger partial charge in [0.1, 0.15) is 12.4 Å². The fourth-order valence-electron chi connectivity index (χ4n) is 4.56. The van der Waals surface area contributed by atoms with Crippen LogP contribution in [-0.4, -0.2) is 72.4 Å². The van der Waals surface area contributed by atoms with Gasteiger partial charge < -0.3 is 19.5 Å². The molecular formula is C27H38N2O4S. The zero-order chi connectivity index (χ0) is 24.1. The molecule has 4 rings (SSSR count). The van der Waals surface area contributed by atoms with Crippen LogP contribution in [0.15, 0.2) is 35.7 Å². The molecule has 1 saturated carbocycles. The van der Waals surface area contributed by atoms with Crippen molar-refractivity contribution in [3.05, 3.63) is 51.7 Å². The maximum atomic E-state index is 13.6. The van der Waals surface area contributed by atoms with Crippen molar-refractivity contribution in [2.24, 2.45) is 5.92 Å². The number of thiophene rings is 1. The number of benzene rings is 1. The molecule has 2 heterocycles. The van der Waals surface area contributed by atoms with E-state index < -0.39 is 6.10 Å². The molecule has 186 valence electrons. The van der Waals surface area contributed by atoms with Crippen LogP contribution in [0.3, 0.4) is 0 Å². The molecule has 0 spiro atoms. The number of aryl methyl sites for hydroxylation is 1. The van der Waals surface area contributed by atoms with Gasteiger partial charge in [-0.15, -0.1) is 11.3 Å². The second-order valence-corrected chi connectivity index (χ2v) is 11.0. The summed E-state index contributed by atoms with van der Waals surface area (Å²) in [5.41, 5.74) is 2.36. The Hall–Kier alpha value is -1.93. The van der Waals surface area contributed by atoms with Crippen LogP contribution in [-0.2, 0) is 16.0 Å². The summed E-state index contributed by atoms with van der Waals surface area (Å²) in [4.78, 5) is 19.0. The van der Waals surface area contributed by atoms with E-state index in [9.17, 15) is 9.90 Å². The lowest BCUT2D eigenvalue weighted by Crippen LogP contribution is -2.48. The van der Waals surface area contributed by atoms with E-state index in [1.165, 1.54) is 23.3 Å². The minimum absolute atomic E-state index is 0.0791. The van der Waals surface area contributed by atoms with Gasteiger partial charge in [-0.05, 0) is 80.7 Å². The smallest absolute Gasteiger partial charge is 0.237 e. The molecule has 1 N–H and O–H groups in total. The van der Waals surface area contributed by atoms with Gasteiger partial charge in [-0.25, -0.2) is 0 Å². The maximum absolute atomic E-state index is 13.6. The SMILES string of the molecule is Cc1cccc(OC[C@H]2c3ccsc3CCN2C(=O)CN(CC2CC2)C[C@H](O)COC(C)C)c1. The van der Waals surface area contributed by atoms with E-state index in [2.05, 4.69) is 29.3 Å². The number of hydrogen-bond donors (Lipinski definition) is 1. The van der Waals surface area contributed by atoms with E-state index in [-0.39, 0.29) is 18.1 Å². The minimum atomic E-state index is -0.598. The van der Waals surface area contributed by atoms with E-state index in [0.29, 0.717) is 38.8 Å². The van der Waals surface area contributed by atoms with Crippen LogP contribution >= 0.6 is 11.3 Å². The first kappa shape index (κ1) is 25.2. The van der Waals surface area contributed by atoms with E-state index in [0.717, 1.165) is 24.3 Å². The lowest BCUT2D eigenvalue weighted by atomic mass is 10.0. The molecule has 0 radical (unpaired) electrons. The van der Waals surface area contributed by atoms with Crippen LogP contribution in [0.1, 0.15) is 48.7 Å². The lowest BCUT2D eigenvalue weighted by molar-refractivity contribution is -0.136. The van der Waals surface area contributed by atoms with Gasteiger partial charge in [0, 0.05) is 24.5 Å². The van der Waals surface area contributed by atoms with Crippen LogP contribution in [0.5, 0.6) is 5.75 Å². The minimum Gasteiger partial charge on any atom is -0.491 e. The molecule has 0 unspecified atom stereocenters. The van der Waals surface area contributed by atoms with Gasteiger partial charge in [0.2, 0.25) is 5.91 Å². The molecular weight excluding hydrogens is 448 g/mol. The quantitative estimate of drug-likeness (QED) is 0.490. The van der Waals surface area contributed by atoms with Gasteiger partial charge in [0.15, 0.2) is 0 Å². The zero-order valence-corrected chi connectivity index (χ0v) is 21.4. The van der Waals surface area contributed by atoms with Crippen LogP contribution in [0.4, 0.5) is 0 Å². The lowest BCUT2D eigenvalue weighted by Gasteiger charge is -2.37. The maximum Gasteiger partial charge on any atom is 0.237 e. The number of aliphatic hydroxyl groups excluding tert-OH is 1. The summed E-state index contributed by atoms with van der Waals surface area (Å²) in [5, 5.41) is 12.6. The molecule has 2 aromatic rings. The van der Waals surface area contributed by atoms with Crippen molar-refractivity contribution in [1.29, 1.82) is 0 Å². The van der Waals surface area contributed by atoms with Crippen molar-refractivity contribution >= 4 is 17.2 Å². The number of carbonyl (C=O) groups is 1. The van der Waals surface area contributed by atoms with Gasteiger partial charge in [0.25, 0.3) is 0 Å². The van der Waals surface area contributed by atoms with Crippen molar-refractivity contribution in [2.75, 3.05) is 39.4 Å². The predicted octanol–water partition coefficient (Wildman–Crippen LogP) is 4.06. The number of amides is 1. The van der Waals surface area contributed by atoms with Gasteiger partial charge in [0.05, 0.1) is 31.4 Å². The second kappa shape index (κ2) is 11.7. The summed E-state index contributed by atoms with van der Waals surface area (Å²) in [6, 6.07) is 10.1. The molecule has 1 aromatic heterocycles. The normalized spacial score (nSPS) is 18.9. The average molecular weight is 487 g/mol. The Labute approximate surface area is 207 Å². The molecule has 0 bridgehead atoms. The van der Waals surface area contributed by atoms with Gasteiger partial charge >= 0.3 is 0 Å². The first-order valence-electron chi connectivity index (χ1n) is 12.5. The van der Waals surface area contributed by atoms with Crippen molar-refractivity contribution in [2.45, 2.75) is 58.3 Å². The number of aliphatic hydroxyl groups is 1. The molecule has 34 heavy (non-hydrogen) atoms. The zero-order valence-electron chi connectivity index (χ0n) is 20.6. The molecule has 2 aliphatic rings. The summed E-state index contributed by atoms with van der Waals surface area (Å²) < 4.78 is 11.8. The Morgan fingerprint density at radius 2 is 2.12 bits per heavy atom. The largest absolute Gasteiger partial charge is 0.491 e. The van der Waals surface area contributed by atoms with Gasteiger partial charge in [-0.1, -0.05) is 12.1 Å². The number of ether oxygens (including phenoxy) is 2. The molecule has 7 heteroatoms. The van der Waals surface area contributed by atoms with Crippen LogP contribution in [0.25, 0.3) is 0 Å². The Morgan fingerprint density at radius 3 is 2.85 bits per heavy atom. The number of hydrogen-bond acceptors (Lipinski definition) is 6. The molecule has 0 saturated heterocycles. The monoisotopic (exact) mass is 486 g/mol. The van der Waals surface area contributed by atoms with Crippen molar-refractivity contribution in [1.82, 2.24) is 9.80 Å². The highest BCUT2D eigenvalue weighted by atomic mass is 32.1. The van der Waals surface area contributed by atoms with Gasteiger partial charge in [-0.2, -0.15) is 0 Å². The Bertz CT molecular complexity index is 942. The molecule has 1 aliphatic heterocycles. The fraction of sp³-hybridized carbons (Fsp3) is 0.593. The summed E-state index contributed by atoms with van der Waals surface area (Å²) in [6.07, 6.45) is 2.78. The number of fused-ring (bicyclic) bond motifs is 1. The third-order valence-corrected chi connectivity index (χ3v) is 7.47. The number of rotatable bonds is 12. The Balaban J connectivity index is 1.43. The Morgan fingerprint density at radius 1 is 1.29 bits per heavy atom. The van der Waals surface area contributed by atoms with E-state index >= 15 is 0 Å². The second-order valence-electron chi connectivity index (χ2n) is 9.95. The first-order chi connectivity index (χ1) is 16.4. The van der Waals surface area contributed by atoms with E-state index in [1.807, 2.05) is 36.9 Å². The van der Waals surface area contributed by atoms with Crippen molar-refractivity contribution in [3.8, 4) is 5.75 Å². The standard InChI is InChI=1S/C27H38N2O4S/c1-19(2)32-17-22(30)15-28(14-21-7-8-21)16-27(31)29-11-9-26-24(10-12-34-26)25(29)18-33-23-6-4-5-20(3)13-23/h4-6,10,12-13,19,21-22,25,30H,7-9,11,14-18H2,1-3H3/t22-,25-/m0/s1. The summed E-state index contributed by atoms with van der Waals surface area (Å²) in [5.74, 6) is 1.57. The predicted molar refractivity (Wildman–Crippen MR) is 135 cm³/mol. The molecule has 2 atom stereocenters. The van der Waals surface area contributed by atoms with E-state index in [4.69, 9.17) is 9.47 Å². The summed E-state index contributed by atoms with van der Waals surface area (Å²) >= 11 is 1.76. The van der Waals surface area contributed by atoms with Crippen molar-refractivity contribution in [3.63, 3.8) is 0 Å². The molecule has 1 fully saturated rings. The van der Waals surface area contributed by atoms with Gasteiger partial charge in [-0.3, -0.25) is 9.69 Å². The van der Waals surface area contributed by atoms with Crippen molar-refractivity contribution < 1.29 is 19.4 Å². The fourth-order valence-corrected chi connectivity index (χ4v) is 5.49. The molecule has 6 nitrogen and oxygen atoms in total. The average Bonchev–Trinajstić information content (AvgIpc) is 3.47. The van der Waals surface area contributed by atoms with Crippen LogP contribution in [0.2, 0.25) is 0 Å². The molecule has 1 aliphatic carbocycles. The third kappa shape index (κ3) is 7.04. The van der Waals surface area contributed by atoms with Crippen LogP contribution < -0.4 is 4.74 Å². The number of nitrogens with zero attached hydrogens (tertiary/aromatic N) is 2. The molecule has 1 aromatic carbocycles. The first-order valence-corrected chi connectivity index (χ1v) is 13.3. The van der Waals surface area contributed by atoms with E-state index in [1.54, 1.807) is 11.3 Å². The highest BCUT2D eigenvalue weighted by Crippen LogP contribution is 2.34. The highest BCUT2D eigenvalue weighted by Gasteiger charge is 2.34. The molecule has 1 amide bonds. The topological polar surface area (TPSA) is 62.2 Å². The van der Waals surface area contributed by atoms with Crippen LogP contribution in [0, 0.1) is 12.8 Å². The third-order valence-electron chi connectivity index (χ3n) is 6.48. The summed E-state index contributed by atoms with van der Waals surface area (Å²) in [6.45, 7) is 9.03. The summed E-state index contributed by atoms with van der Waals surface area (Å²) in [7, 11) is 0. The Kier molecular flexibility index (Phi) is 8.64. The highest BCUT2D eigenvalue weighted by molar-refractivity contribution is 7.10.